The Morgan fingerprint density at radius 2 is 1.73 bits per heavy atom. The van der Waals surface area contributed by atoms with Crippen molar-refractivity contribution >= 4 is 29.1 Å². The average molecular weight is 542 g/mol. The minimum Gasteiger partial charge on any atom is -0.394 e. The summed E-state index contributed by atoms with van der Waals surface area (Å²) in [4.78, 5) is 48.1. The van der Waals surface area contributed by atoms with E-state index >= 15 is 0 Å². The Hall–Kier alpha value is -3.75. The van der Waals surface area contributed by atoms with Crippen LogP contribution >= 0.6 is 0 Å². The highest BCUT2D eigenvalue weighted by molar-refractivity contribution is 6.07. The van der Waals surface area contributed by atoms with Crippen LogP contribution in [0.2, 0.25) is 0 Å². The number of carbonyl (C=O) groups excluding carboxylic acids is 3. The number of ether oxygens (including phenoxy) is 1. The van der Waals surface area contributed by atoms with Crippen LogP contribution in [0.25, 0.3) is 0 Å². The molecule has 1 N–H and O–H groups in total. The number of amides is 3. The molecule has 3 amide bonds. The van der Waals surface area contributed by atoms with Crippen molar-refractivity contribution in [3.63, 3.8) is 0 Å². The van der Waals surface area contributed by atoms with Crippen LogP contribution in [0.15, 0.2) is 72.8 Å². The zero-order valence-electron chi connectivity index (χ0n) is 23.1. The molecule has 0 aromatic heterocycles. The lowest BCUT2D eigenvalue weighted by atomic mass is 9.77. The Morgan fingerprint density at radius 1 is 0.975 bits per heavy atom. The van der Waals surface area contributed by atoms with E-state index in [0.717, 1.165) is 22.5 Å². The molecule has 4 aliphatic rings. The van der Waals surface area contributed by atoms with Gasteiger partial charge in [0.15, 0.2) is 0 Å². The summed E-state index contributed by atoms with van der Waals surface area (Å²) in [5.74, 6) is -2.50. The van der Waals surface area contributed by atoms with Crippen LogP contribution in [0, 0.1) is 25.7 Å². The number of aliphatic hydroxyl groups excluding tert-OH is 1. The van der Waals surface area contributed by atoms with Crippen LogP contribution in [-0.4, -0.2) is 71.2 Å². The van der Waals surface area contributed by atoms with Gasteiger partial charge in [0.25, 0.3) is 5.91 Å². The van der Waals surface area contributed by atoms with Crippen molar-refractivity contribution in [3.8, 4) is 0 Å². The zero-order valence-corrected chi connectivity index (χ0v) is 23.1. The molecule has 8 heteroatoms. The second kappa shape index (κ2) is 10.0. The summed E-state index contributed by atoms with van der Waals surface area (Å²) in [6.07, 6.45) is 7.30. The number of para-hydroxylation sites is 1. The summed E-state index contributed by atoms with van der Waals surface area (Å²) < 4.78 is 6.73. The maximum Gasteiger partial charge on any atom is 0.253 e. The van der Waals surface area contributed by atoms with Gasteiger partial charge in [-0.2, -0.15) is 0 Å². The van der Waals surface area contributed by atoms with Gasteiger partial charge in [0.2, 0.25) is 11.8 Å². The Kier molecular flexibility index (Phi) is 6.63. The summed E-state index contributed by atoms with van der Waals surface area (Å²) in [6.45, 7) is 6.21. The van der Waals surface area contributed by atoms with Gasteiger partial charge in [-0.05, 0) is 49.6 Å². The number of benzene rings is 2. The van der Waals surface area contributed by atoms with Gasteiger partial charge < -0.3 is 24.5 Å². The van der Waals surface area contributed by atoms with Crippen molar-refractivity contribution in [2.24, 2.45) is 11.8 Å². The van der Waals surface area contributed by atoms with Gasteiger partial charge in [-0.1, -0.05) is 61.6 Å². The summed E-state index contributed by atoms with van der Waals surface area (Å²) in [6, 6.07) is 13.8. The number of hydrogen-bond acceptors (Lipinski definition) is 5. The molecule has 0 radical (unpaired) electrons. The molecule has 1 spiro atoms. The second-order valence-electron chi connectivity index (χ2n) is 11.2. The molecule has 2 aromatic rings. The lowest BCUT2D eigenvalue weighted by Crippen LogP contribution is -2.58. The standard InChI is InChI=1S/C32H35N3O5/c1-4-22(19-36)35-28-31(39)34(24-18-20(2)13-14-21(24)3)17-9-15-32(28)27(30(35)38)26-25(40-32)12-8-16-33(29(26)37)23-10-6-5-7-11-23/h5-15,18,22,25-28,36H,4,16-17,19H2,1-3H3/t22-,25-,26+,27-,28?,32-/m0/s1. The minimum absolute atomic E-state index is 0.203. The van der Waals surface area contributed by atoms with Crippen LogP contribution in [-0.2, 0) is 19.1 Å². The highest BCUT2D eigenvalue weighted by atomic mass is 16.5. The molecule has 6 atom stereocenters. The van der Waals surface area contributed by atoms with Gasteiger partial charge >= 0.3 is 0 Å². The van der Waals surface area contributed by atoms with E-state index < -0.39 is 35.6 Å². The first kappa shape index (κ1) is 26.5. The molecule has 4 aliphatic heterocycles. The van der Waals surface area contributed by atoms with Crippen molar-refractivity contribution in [2.75, 3.05) is 29.5 Å². The molecule has 2 fully saturated rings. The molecule has 208 valence electrons. The monoisotopic (exact) mass is 541 g/mol. The molecule has 1 unspecified atom stereocenters. The number of fused-ring (bicyclic) bond motifs is 2. The summed E-state index contributed by atoms with van der Waals surface area (Å²) in [5, 5.41) is 10.3. The molecule has 0 aliphatic carbocycles. The van der Waals surface area contributed by atoms with E-state index in [-0.39, 0.29) is 24.3 Å². The van der Waals surface area contributed by atoms with Crippen molar-refractivity contribution in [2.45, 2.75) is 51.0 Å². The molecule has 4 heterocycles. The SMILES string of the molecule is CC[C@@H](CO)N1C(=O)[C@@H]2[C@@H]3C(=O)N(c4ccccc4)CC=C[C@@H]3O[C@@]23C=CCN(c2cc(C)ccc2C)C(=O)C13. The molecule has 0 saturated carbocycles. The largest absolute Gasteiger partial charge is 0.394 e. The van der Waals surface area contributed by atoms with Crippen LogP contribution in [0.5, 0.6) is 0 Å². The molecule has 40 heavy (non-hydrogen) atoms. The number of aryl methyl sites for hydroxylation is 2. The normalized spacial score (nSPS) is 30.2. The van der Waals surface area contributed by atoms with Crippen LogP contribution in [0.4, 0.5) is 11.4 Å². The van der Waals surface area contributed by atoms with E-state index in [1.165, 1.54) is 4.90 Å². The quantitative estimate of drug-likeness (QED) is 0.588. The number of rotatable bonds is 5. The number of aliphatic hydroxyl groups is 1. The molecule has 6 rings (SSSR count). The number of anilines is 2. The van der Waals surface area contributed by atoms with E-state index in [1.807, 2.05) is 93.6 Å². The first-order chi connectivity index (χ1) is 19.3. The highest BCUT2D eigenvalue weighted by Gasteiger charge is 2.72. The summed E-state index contributed by atoms with van der Waals surface area (Å²) in [7, 11) is 0. The van der Waals surface area contributed by atoms with Gasteiger partial charge in [0.05, 0.1) is 30.6 Å². The van der Waals surface area contributed by atoms with Crippen molar-refractivity contribution < 1.29 is 24.2 Å². The fourth-order valence-corrected chi connectivity index (χ4v) is 6.95. The Labute approximate surface area is 234 Å². The predicted octanol–water partition coefficient (Wildman–Crippen LogP) is 3.16. The highest BCUT2D eigenvalue weighted by Crippen LogP contribution is 2.54. The second-order valence-corrected chi connectivity index (χ2v) is 11.2. The van der Waals surface area contributed by atoms with E-state index in [0.29, 0.717) is 19.5 Å². The van der Waals surface area contributed by atoms with Gasteiger partial charge in [-0.3, -0.25) is 14.4 Å². The van der Waals surface area contributed by atoms with Crippen molar-refractivity contribution in [1.82, 2.24) is 4.90 Å². The summed E-state index contributed by atoms with van der Waals surface area (Å²) >= 11 is 0. The lowest BCUT2D eigenvalue weighted by molar-refractivity contribution is -0.144. The molecular formula is C32H35N3O5. The van der Waals surface area contributed by atoms with Gasteiger partial charge in [-0.15, -0.1) is 0 Å². The van der Waals surface area contributed by atoms with Crippen molar-refractivity contribution in [1.29, 1.82) is 0 Å². The molecule has 8 nitrogen and oxygen atoms in total. The van der Waals surface area contributed by atoms with Crippen molar-refractivity contribution in [3.05, 3.63) is 84.0 Å². The van der Waals surface area contributed by atoms with E-state index in [2.05, 4.69) is 0 Å². The zero-order chi connectivity index (χ0) is 28.2. The van der Waals surface area contributed by atoms with E-state index in [1.54, 1.807) is 9.80 Å². The van der Waals surface area contributed by atoms with Crippen LogP contribution < -0.4 is 9.80 Å². The maximum absolute atomic E-state index is 14.6. The van der Waals surface area contributed by atoms with Crippen LogP contribution in [0.1, 0.15) is 24.5 Å². The van der Waals surface area contributed by atoms with E-state index in [9.17, 15) is 19.5 Å². The van der Waals surface area contributed by atoms with Gasteiger partial charge in [0, 0.05) is 24.5 Å². The minimum atomic E-state index is -1.34. The molecule has 2 saturated heterocycles. The smallest absolute Gasteiger partial charge is 0.253 e. The number of hydrogen-bond donors (Lipinski definition) is 1. The fourth-order valence-electron chi connectivity index (χ4n) is 6.95. The number of carbonyl (C=O) groups is 3. The maximum atomic E-state index is 14.6. The Bertz CT molecular complexity index is 1400. The molecular weight excluding hydrogens is 506 g/mol. The third kappa shape index (κ3) is 3.84. The van der Waals surface area contributed by atoms with Crippen LogP contribution in [0.3, 0.4) is 0 Å². The van der Waals surface area contributed by atoms with Gasteiger partial charge in [0.1, 0.15) is 11.6 Å². The molecule has 0 bridgehead atoms. The summed E-state index contributed by atoms with van der Waals surface area (Å²) in [5.41, 5.74) is 2.15. The third-order valence-corrected chi connectivity index (χ3v) is 8.90. The topological polar surface area (TPSA) is 90.4 Å². The first-order valence-electron chi connectivity index (χ1n) is 14.0. The fraction of sp³-hybridized carbons (Fsp3) is 0.406. The molecule has 2 aromatic carbocycles. The number of nitrogens with zero attached hydrogens (tertiary/aromatic N) is 3. The van der Waals surface area contributed by atoms with Gasteiger partial charge in [-0.25, -0.2) is 0 Å². The Balaban J connectivity index is 1.48. The Morgan fingerprint density at radius 3 is 2.45 bits per heavy atom. The first-order valence-corrected chi connectivity index (χ1v) is 14.0. The third-order valence-electron chi connectivity index (χ3n) is 8.90. The predicted molar refractivity (Wildman–Crippen MR) is 152 cm³/mol. The average Bonchev–Trinajstić information content (AvgIpc) is 3.27. The van der Waals surface area contributed by atoms with E-state index in [4.69, 9.17) is 4.74 Å². The lowest BCUT2D eigenvalue weighted by Gasteiger charge is -2.38. The number of likely N-dealkylation sites (tertiary alicyclic amines) is 1.